The highest BCUT2D eigenvalue weighted by Gasteiger charge is 2.37. The van der Waals surface area contributed by atoms with Crippen molar-refractivity contribution in [3.05, 3.63) is 0 Å². The van der Waals surface area contributed by atoms with Crippen molar-refractivity contribution in [3.63, 3.8) is 0 Å². The quantitative estimate of drug-likeness (QED) is 0.805. The van der Waals surface area contributed by atoms with Crippen LogP contribution in [0.1, 0.15) is 58.8 Å². The molecule has 3 N–H and O–H groups in total. The summed E-state index contributed by atoms with van der Waals surface area (Å²) >= 11 is 0. The standard InChI is InChI=1S/C16H29N3O2/c1-12(2)19-9-6-13(15(19)21)18-14(20)10-16(11-17)7-4-3-5-8-16/h12-13H,3-11,17H2,1-2H3,(H,18,20). The summed E-state index contributed by atoms with van der Waals surface area (Å²) in [6.07, 6.45) is 6.82. The lowest BCUT2D eigenvalue weighted by Gasteiger charge is -2.35. The van der Waals surface area contributed by atoms with Gasteiger partial charge in [-0.3, -0.25) is 9.59 Å². The van der Waals surface area contributed by atoms with Gasteiger partial charge >= 0.3 is 0 Å². The molecule has 1 aliphatic heterocycles. The first-order valence-corrected chi connectivity index (χ1v) is 8.27. The average molecular weight is 295 g/mol. The predicted molar refractivity (Wildman–Crippen MR) is 82.6 cm³/mol. The first-order valence-electron chi connectivity index (χ1n) is 8.27. The van der Waals surface area contributed by atoms with Gasteiger partial charge in [0.1, 0.15) is 6.04 Å². The number of nitrogens with one attached hydrogen (secondary N) is 1. The van der Waals surface area contributed by atoms with E-state index in [9.17, 15) is 9.59 Å². The second kappa shape index (κ2) is 6.77. The molecule has 1 saturated carbocycles. The smallest absolute Gasteiger partial charge is 0.245 e. The zero-order valence-electron chi connectivity index (χ0n) is 13.4. The fourth-order valence-electron chi connectivity index (χ4n) is 3.69. The first-order chi connectivity index (χ1) is 9.97. The van der Waals surface area contributed by atoms with Crippen LogP contribution in [0.25, 0.3) is 0 Å². The summed E-state index contributed by atoms with van der Waals surface area (Å²) in [5.41, 5.74) is 5.89. The number of hydrogen-bond donors (Lipinski definition) is 2. The minimum atomic E-state index is -0.335. The van der Waals surface area contributed by atoms with Crippen LogP contribution in [-0.2, 0) is 9.59 Å². The molecule has 1 saturated heterocycles. The van der Waals surface area contributed by atoms with Crippen LogP contribution in [-0.4, -0.2) is 41.9 Å². The number of rotatable bonds is 5. The van der Waals surface area contributed by atoms with Crippen molar-refractivity contribution in [1.82, 2.24) is 10.2 Å². The summed E-state index contributed by atoms with van der Waals surface area (Å²) in [5.74, 6) is 0.0510. The van der Waals surface area contributed by atoms with Gasteiger partial charge in [0.2, 0.25) is 11.8 Å². The maximum absolute atomic E-state index is 12.3. The van der Waals surface area contributed by atoms with Crippen LogP contribution in [0.4, 0.5) is 0 Å². The Labute approximate surface area is 127 Å². The summed E-state index contributed by atoms with van der Waals surface area (Å²) in [6.45, 7) is 5.32. The summed E-state index contributed by atoms with van der Waals surface area (Å²) in [6, 6.07) is -0.133. The third kappa shape index (κ3) is 3.76. The van der Waals surface area contributed by atoms with Crippen molar-refractivity contribution < 1.29 is 9.59 Å². The van der Waals surface area contributed by atoms with Crippen LogP contribution >= 0.6 is 0 Å². The molecular formula is C16H29N3O2. The number of amides is 2. The van der Waals surface area contributed by atoms with E-state index in [2.05, 4.69) is 5.32 Å². The van der Waals surface area contributed by atoms with E-state index in [4.69, 9.17) is 5.73 Å². The van der Waals surface area contributed by atoms with Crippen LogP contribution in [0.15, 0.2) is 0 Å². The molecule has 5 nitrogen and oxygen atoms in total. The molecule has 0 spiro atoms. The van der Waals surface area contributed by atoms with Crippen LogP contribution in [0.3, 0.4) is 0 Å². The Morgan fingerprint density at radius 1 is 1.38 bits per heavy atom. The lowest BCUT2D eigenvalue weighted by atomic mass is 9.71. The van der Waals surface area contributed by atoms with Crippen molar-refractivity contribution in [2.24, 2.45) is 11.1 Å². The fourth-order valence-corrected chi connectivity index (χ4v) is 3.69. The molecular weight excluding hydrogens is 266 g/mol. The largest absolute Gasteiger partial charge is 0.344 e. The highest BCUT2D eigenvalue weighted by atomic mass is 16.2. The molecule has 1 atom stereocenters. The van der Waals surface area contributed by atoms with E-state index in [1.54, 1.807) is 0 Å². The Balaban J connectivity index is 1.88. The summed E-state index contributed by atoms with van der Waals surface area (Å²) in [7, 11) is 0. The van der Waals surface area contributed by atoms with Crippen molar-refractivity contribution in [1.29, 1.82) is 0 Å². The van der Waals surface area contributed by atoms with Gasteiger partial charge in [-0.05, 0) is 45.1 Å². The lowest BCUT2D eigenvalue weighted by Crippen LogP contribution is -2.45. The Morgan fingerprint density at radius 3 is 2.57 bits per heavy atom. The van der Waals surface area contributed by atoms with Crippen LogP contribution in [0.2, 0.25) is 0 Å². The number of likely N-dealkylation sites (tertiary alicyclic amines) is 1. The van der Waals surface area contributed by atoms with E-state index in [1.807, 2.05) is 18.7 Å². The second-order valence-electron chi connectivity index (χ2n) is 6.98. The van der Waals surface area contributed by atoms with Crippen molar-refractivity contribution in [2.45, 2.75) is 70.9 Å². The van der Waals surface area contributed by atoms with Crippen LogP contribution in [0, 0.1) is 5.41 Å². The average Bonchev–Trinajstić information content (AvgIpc) is 2.81. The van der Waals surface area contributed by atoms with E-state index in [1.165, 1.54) is 6.42 Å². The molecule has 2 aliphatic rings. The lowest BCUT2D eigenvalue weighted by molar-refractivity contribution is -0.134. The van der Waals surface area contributed by atoms with Crippen molar-refractivity contribution in [2.75, 3.05) is 13.1 Å². The van der Waals surface area contributed by atoms with Gasteiger partial charge < -0.3 is 16.0 Å². The molecule has 2 rings (SSSR count). The zero-order chi connectivity index (χ0) is 15.5. The minimum Gasteiger partial charge on any atom is -0.344 e. The Kier molecular flexibility index (Phi) is 5.25. The normalized spacial score (nSPS) is 25.4. The molecule has 2 amide bonds. The zero-order valence-corrected chi connectivity index (χ0v) is 13.4. The molecule has 0 aromatic heterocycles. The molecule has 2 fully saturated rings. The molecule has 5 heteroatoms. The van der Waals surface area contributed by atoms with Gasteiger partial charge in [0, 0.05) is 19.0 Å². The third-order valence-corrected chi connectivity index (χ3v) is 5.08. The van der Waals surface area contributed by atoms with Crippen LogP contribution < -0.4 is 11.1 Å². The molecule has 0 radical (unpaired) electrons. The predicted octanol–water partition coefficient (Wildman–Crippen LogP) is 1.41. The molecule has 0 bridgehead atoms. The van der Waals surface area contributed by atoms with Gasteiger partial charge in [0.25, 0.3) is 0 Å². The number of carbonyl (C=O) groups excluding carboxylic acids is 2. The van der Waals surface area contributed by atoms with Crippen LogP contribution in [0.5, 0.6) is 0 Å². The molecule has 120 valence electrons. The maximum atomic E-state index is 12.3. The number of carbonyl (C=O) groups is 2. The molecule has 0 aromatic rings. The van der Waals surface area contributed by atoms with Crippen molar-refractivity contribution >= 4 is 11.8 Å². The van der Waals surface area contributed by atoms with Gasteiger partial charge in [0.15, 0.2) is 0 Å². The SMILES string of the molecule is CC(C)N1CCC(NC(=O)CC2(CN)CCCCC2)C1=O. The maximum Gasteiger partial charge on any atom is 0.245 e. The van der Waals surface area contributed by atoms with Gasteiger partial charge in [-0.15, -0.1) is 0 Å². The van der Waals surface area contributed by atoms with E-state index < -0.39 is 0 Å². The minimum absolute atomic E-state index is 0.00805. The summed E-state index contributed by atoms with van der Waals surface area (Å²) in [5, 5.41) is 2.93. The second-order valence-corrected chi connectivity index (χ2v) is 6.98. The van der Waals surface area contributed by atoms with E-state index in [0.29, 0.717) is 13.0 Å². The molecule has 1 unspecified atom stereocenters. The van der Waals surface area contributed by atoms with E-state index in [-0.39, 0.29) is 29.3 Å². The topological polar surface area (TPSA) is 75.4 Å². The molecule has 1 heterocycles. The Morgan fingerprint density at radius 2 is 2.05 bits per heavy atom. The number of hydrogen-bond acceptors (Lipinski definition) is 3. The van der Waals surface area contributed by atoms with Gasteiger partial charge in [-0.2, -0.15) is 0 Å². The Bertz CT molecular complexity index is 389. The van der Waals surface area contributed by atoms with Gasteiger partial charge in [0.05, 0.1) is 0 Å². The monoisotopic (exact) mass is 295 g/mol. The van der Waals surface area contributed by atoms with Crippen molar-refractivity contribution in [3.8, 4) is 0 Å². The van der Waals surface area contributed by atoms with Gasteiger partial charge in [-0.25, -0.2) is 0 Å². The Hall–Kier alpha value is -1.10. The highest BCUT2D eigenvalue weighted by Crippen LogP contribution is 2.38. The number of nitrogens with zero attached hydrogens (tertiary/aromatic N) is 1. The highest BCUT2D eigenvalue weighted by molar-refractivity contribution is 5.89. The third-order valence-electron chi connectivity index (χ3n) is 5.08. The first kappa shape index (κ1) is 16.3. The summed E-state index contributed by atoms with van der Waals surface area (Å²) in [4.78, 5) is 26.4. The molecule has 1 aliphatic carbocycles. The van der Waals surface area contributed by atoms with Gasteiger partial charge in [-0.1, -0.05) is 19.3 Å². The van der Waals surface area contributed by atoms with E-state index >= 15 is 0 Å². The fraction of sp³-hybridized carbons (Fsp3) is 0.875. The number of nitrogens with two attached hydrogens (primary N) is 1. The summed E-state index contributed by atoms with van der Waals surface area (Å²) < 4.78 is 0. The molecule has 21 heavy (non-hydrogen) atoms. The molecule has 0 aromatic carbocycles. The van der Waals surface area contributed by atoms with E-state index in [0.717, 1.165) is 38.6 Å².